The molecule has 0 atom stereocenters. The van der Waals surface area contributed by atoms with Gasteiger partial charge in [0.2, 0.25) is 0 Å². The Hall–Kier alpha value is -1.90. The fourth-order valence-electron chi connectivity index (χ4n) is 3.75. The van der Waals surface area contributed by atoms with E-state index in [1.54, 1.807) is 0 Å². The quantitative estimate of drug-likeness (QED) is 0.277. The van der Waals surface area contributed by atoms with Crippen LogP contribution in [0, 0.1) is 60.0 Å². The van der Waals surface area contributed by atoms with Crippen LogP contribution >= 0.6 is 0 Å². The summed E-state index contributed by atoms with van der Waals surface area (Å²) in [6, 6.07) is 21.4. The van der Waals surface area contributed by atoms with E-state index >= 15 is 0 Å². The first-order valence-corrected chi connectivity index (χ1v) is 11.3. The van der Waals surface area contributed by atoms with Crippen LogP contribution in [0.5, 0.6) is 0 Å². The number of furan rings is 2. The van der Waals surface area contributed by atoms with Gasteiger partial charge < -0.3 is 0 Å². The fourth-order valence-corrected chi connectivity index (χ4v) is 4.75. The first-order valence-electron chi connectivity index (χ1n) is 9.40. The summed E-state index contributed by atoms with van der Waals surface area (Å²) < 4.78 is 13.7. The van der Waals surface area contributed by atoms with Crippen LogP contribution < -0.4 is 1.15 Å². The van der Waals surface area contributed by atoms with Crippen LogP contribution in [0.25, 0.3) is 44.6 Å². The van der Waals surface area contributed by atoms with Crippen molar-refractivity contribution in [3.05, 3.63) is 77.4 Å². The third-order valence-electron chi connectivity index (χ3n) is 5.48. The molecule has 0 saturated heterocycles. The fraction of sp³-hybridized carbons (Fsp3) is 0.120. The Kier molecular flexibility index (Phi) is 4.45. The zero-order valence-corrected chi connectivity index (χ0v) is 19.9. The molecule has 28 heavy (non-hydrogen) atoms. The third kappa shape index (κ3) is 2.94. The number of fused-ring (bicyclic) bond motifs is 2. The standard InChI is InChI=1S/C25H19O2.Pr/c1-15-5-4-6-22-20(15)13-23(26-22)18-9-11-19(12-10-18)24-14-21-16(2)7-8-17(3)25(21)27-24;/h4-5,7-14H,1-3H3;. The molecule has 134 valence electrons. The molecule has 0 bridgehead atoms. The summed E-state index contributed by atoms with van der Waals surface area (Å²) in [5.41, 5.74) is 7.87. The molecule has 5 aromatic rings. The van der Waals surface area contributed by atoms with Crippen molar-refractivity contribution in [1.82, 2.24) is 0 Å². The summed E-state index contributed by atoms with van der Waals surface area (Å²) in [5, 5.41) is 2.41. The van der Waals surface area contributed by atoms with E-state index in [1.165, 1.54) is 28.6 Å². The second kappa shape index (κ2) is 6.86. The van der Waals surface area contributed by atoms with E-state index in [0.29, 0.717) is 0 Å². The Labute approximate surface area is 190 Å². The van der Waals surface area contributed by atoms with Gasteiger partial charge in [0.25, 0.3) is 0 Å². The van der Waals surface area contributed by atoms with Crippen LogP contribution in [-0.2, 0) is 0 Å². The van der Waals surface area contributed by atoms with E-state index in [4.69, 9.17) is 8.83 Å². The summed E-state index contributed by atoms with van der Waals surface area (Å²) in [6.07, 6.45) is 0. The van der Waals surface area contributed by atoms with E-state index in [1.807, 2.05) is 0 Å². The van der Waals surface area contributed by atoms with E-state index in [-0.39, 0.29) is 0 Å². The number of aryl methyl sites for hydroxylation is 3. The molecule has 2 aromatic heterocycles. The summed E-state index contributed by atoms with van der Waals surface area (Å²) in [7, 11) is 0. The van der Waals surface area contributed by atoms with Gasteiger partial charge in [0, 0.05) is 0 Å². The van der Waals surface area contributed by atoms with Crippen molar-refractivity contribution in [3.8, 4) is 22.6 Å². The minimum atomic E-state index is 0.759. The third-order valence-corrected chi connectivity index (χ3v) is 6.94. The molecule has 0 N–H and O–H groups in total. The van der Waals surface area contributed by atoms with Crippen molar-refractivity contribution in [2.24, 2.45) is 0 Å². The summed E-state index contributed by atoms with van der Waals surface area (Å²) in [6.45, 7) is 6.35. The molecule has 0 amide bonds. The topological polar surface area (TPSA) is 26.3 Å². The van der Waals surface area contributed by atoms with Crippen LogP contribution in [0.2, 0.25) is 0 Å². The molecular weight excluding hydrogens is 473 g/mol. The Balaban J connectivity index is 1.56. The summed E-state index contributed by atoms with van der Waals surface area (Å²) >= 11 is 0.759. The number of benzene rings is 3. The number of hydrogen-bond donors (Lipinski definition) is 0. The second-order valence-electron chi connectivity index (χ2n) is 7.46. The monoisotopic (exact) mass is 492 g/mol. The normalized spacial score (nSPS) is 11.5. The van der Waals surface area contributed by atoms with Crippen molar-refractivity contribution in [2.75, 3.05) is 0 Å². The van der Waals surface area contributed by atoms with Gasteiger partial charge in [0.05, 0.1) is 0 Å². The maximum atomic E-state index is 6.21. The van der Waals surface area contributed by atoms with Crippen LogP contribution in [-0.4, -0.2) is 0 Å². The van der Waals surface area contributed by atoms with Gasteiger partial charge in [-0.15, -0.1) is 0 Å². The Morgan fingerprint density at radius 3 is 1.57 bits per heavy atom. The molecule has 2 nitrogen and oxygen atoms in total. The van der Waals surface area contributed by atoms with Crippen molar-refractivity contribution in [1.29, 1.82) is 0 Å². The Morgan fingerprint density at radius 1 is 0.571 bits per heavy atom. The van der Waals surface area contributed by atoms with Gasteiger partial charge in [0.15, 0.2) is 0 Å². The maximum absolute atomic E-state index is 6.21. The molecule has 0 aliphatic rings. The summed E-state index contributed by atoms with van der Waals surface area (Å²) in [4.78, 5) is 0. The molecule has 0 aliphatic carbocycles. The van der Waals surface area contributed by atoms with Gasteiger partial charge in [-0.05, 0) is 13.8 Å². The number of rotatable bonds is 2. The number of hydrogen-bond acceptors (Lipinski definition) is 2. The predicted octanol–water partition coefficient (Wildman–Crippen LogP) is 6.61. The van der Waals surface area contributed by atoms with E-state index in [0.717, 1.165) is 73.0 Å². The molecule has 0 aliphatic heterocycles. The molecule has 5 rings (SSSR count). The first kappa shape index (κ1) is 18.2. The average Bonchev–Trinajstić information content (AvgIpc) is 3.34. The van der Waals surface area contributed by atoms with E-state index < -0.39 is 0 Å². The molecule has 0 radical (unpaired) electrons. The molecule has 0 unspecified atom stereocenters. The van der Waals surface area contributed by atoms with Crippen molar-refractivity contribution < 1.29 is 48.0 Å². The average molecular weight is 492 g/mol. The molecular formula is C25H19O2Pr. The van der Waals surface area contributed by atoms with Crippen LogP contribution in [0.3, 0.4) is 0 Å². The van der Waals surface area contributed by atoms with E-state index in [2.05, 4.69) is 81.4 Å². The zero-order chi connectivity index (χ0) is 19.4. The molecule has 3 aromatic carbocycles. The Morgan fingerprint density at radius 2 is 1.04 bits per heavy atom. The zero-order valence-electron chi connectivity index (χ0n) is 16.2. The van der Waals surface area contributed by atoms with Crippen molar-refractivity contribution in [3.63, 3.8) is 0 Å². The molecule has 2 heterocycles. The van der Waals surface area contributed by atoms with Crippen LogP contribution in [0.4, 0.5) is 0 Å². The van der Waals surface area contributed by atoms with Gasteiger partial charge >= 0.3 is 166 Å². The van der Waals surface area contributed by atoms with Gasteiger partial charge in [-0.25, -0.2) is 0 Å². The van der Waals surface area contributed by atoms with E-state index in [9.17, 15) is 0 Å². The molecule has 3 heteroatoms. The SMILES string of the molecule is Cc1ccc(C)c2oc(-c3ccc(-c4cc5c(C)cc[c]([Pr])c5o4)cc3)cc12. The summed E-state index contributed by atoms with van der Waals surface area (Å²) in [5.74, 6) is 1.83. The van der Waals surface area contributed by atoms with Crippen molar-refractivity contribution >= 4 is 23.1 Å². The molecule has 0 spiro atoms. The van der Waals surface area contributed by atoms with Gasteiger partial charge in [-0.3, -0.25) is 0 Å². The van der Waals surface area contributed by atoms with Crippen molar-refractivity contribution in [2.45, 2.75) is 20.8 Å². The second-order valence-corrected chi connectivity index (χ2v) is 9.45. The molecule has 0 saturated carbocycles. The molecule has 0 fully saturated rings. The van der Waals surface area contributed by atoms with Gasteiger partial charge in [0.1, 0.15) is 0 Å². The van der Waals surface area contributed by atoms with Crippen LogP contribution in [0.1, 0.15) is 16.7 Å². The minimum absolute atomic E-state index is 0.759. The first-order chi connectivity index (χ1) is 13.5. The Bertz CT molecular complexity index is 1150. The van der Waals surface area contributed by atoms with Gasteiger partial charge in [-0.2, -0.15) is 0 Å². The predicted molar refractivity (Wildman–Crippen MR) is 111 cm³/mol. The van der Waals surface area contributed by atoms with Gasteiger partial charge in [-0.1, -0.05) is 12.1 Å². The van der Waals surface area contributed by atoms with Crippen LogP contribution in [0.15, 0.2) is 69.5 Å².